The molecule has 2 fully saturated rings. The third-order valence-electron chi connectivity index (χ3n) is 5.85. The van der Waals surface area contributed by atoms with E-state index in [1.54, 1.807) is 11.3 Å². The van der Waals surface area contributed by atoms with Crippen molar-refractivity contribution in [3.8, 4) is 0 Å². The molecule has 0 atom stereocenters. The minimum Gasteiger partial charge on any atom is -0.369 e. The predicted molar refractivity (Wildman–Crippen MR) is 123 cm³/mol. The predicted octanol–water partition coefficient (Wildman–Crippen LogP) is 4.64. The van der Waals surface area contributed by atoms with Gasteiger partial charge in [0.2, 0.25) is 5.91 Å². The van der Waals surface area contributed by atoms with Crippen molar-refractivity contribution in [3.63, 3.8) is 0 Å². The fourth-order valence-electron chi connectivity index (χ4n) is 4.27. The minimum absolute atomic E-state index is 0.0108. The standard InChI is InChI=1S/C22H30N4OS2/c1-17-15-28-22(23-17)29-16-21(27)24-18-7-9-20(10-8-18)26-13-11-25(12-14-26)19-5-3-2-4-6-19/h7-10,15,19H,2-6,11-14,16H2,1H3,(H,24,27). The summed E-state index contributed by atoms with van der Waals surface area (Å²) in [5.74, 6) is 0.398. The first-order valence-corrected chi connectivity index (χ1v) is 12.5. The topological polar surface area (TPSA) is 48.5 Å². The summed E-state index contributed by atoms with van der Waals surface area (Å²) in [5, 5.41) is 5.00. The van der Waals surface area contributed by atoms with Crippen molar-refractivity contribution >= 4 is 40.4 Å². The van der Waals surface area contributed by atoms with Crippen molar-refractivity contribution in [2.45, 2.75) is 49.4 Å². The monoisotopic (exact) mass is 430 g/mol. The Labute approximate surface area is 181 Å². The number of piperazine rings is 1. The molecule has 7 heteroatoms. The molecule has 1 aliphatic carbocycles. The van der Waals surface area contributed by atoms with Crippen LogP contribution < -0.4 is 10.2 Å². The van der Waals surface area contributed by atoms with Gasteiger partial charge < -0.3 is 10.2 Å². The number of benzene rings is 1. The molecule has 1 saturated carbocycles. The number of anilines is 2. The summed E-state index contributed by atoms with van der Waals surface area (Å²) in [6.07, 6.45) is 6.99. The molecule has 1 aromatic heterocycles. The number of nitrogens with zero attached hydrogens (tertiary/aromatic N) is 3. The van der Waals surface area contributed by atoms with Crippen molar-refractivity contribution in [2.24, 2.45) is 0 Å². The van der Waals surface area contributed by atoms with E-state index in [1.807, 2.05) is 24.4 Å². The van der Waals surface area contributed by atoms with Crippen LogP contribution in [0.4, 0.5) is 11.4 Å². The minimum atomic E-state index is 0.0108. The van der Waals surface area contributed by atoms with Gasteiger partial charge in [-0.05, 0) is 44.0 Å². The van der Waals surface area contributed by atoms with Crippen molar-refractivity contribution in [1.82, 2.24) is 9.88 Å². The maximum absolute atomic E-state index is 12.2. The average molecular weight is 431 g/mol. The van der Waals surface area contributed by atoms with Gasteiger partial charge in [0.1, 0.15) is 0 Å². The average Bonchev–Trinajstić information content (AvgIpc) is 3.19. The number of thioether (sulfide) groups is 1. The molecule has 2 aliphatic rings. The molecule has 2 heterocycles. The Balaban J connectivity index is 1.23. The summed E-state index contributed by atoms with van der Waals surface area (Å²) >= 11 is 3.08. The summed E-state index contributed by atoms with van der Waals surface area (Å²) in [6, 6.07) is 9.10. The second kappa shape index (κ2) is 9.96. The number of nitrogens with one attached hydrogen (secondary N) is 1. The highest BCUT2D eigenvalue weighted by molar-refractivity contribution is 8.01. The van der Waals surface area contributed by atoms with Crippen LogP contribution in [0.2, 0.25) is 0 Å². The lowest BCUT2D eigenvalue weighted by atomic mass is 9.94. The number of carbonyl (C=O) groups excluding carboxylic acids is 1. The molecule has 4 rings (SSSR count). The van der Waals surface area contributed by atoms with Gasteiger partial charge in [0.25, 0.3) is 0 Å². The first-order valence-electron chi connectivity index (χ1n) is 10.6. The molecule has 1 aromatic carbocycles. The number of hydrogen-bond donors (Lipinski definition) is 1. The second-order valence-corrected chi connectivity index (χ2v) is 10.0. The Morgan fingerprint density at radius 2 is 1.86 bits per heavy atom. The van der Waals surface area contributed by atoms with E-state index in [4.69, 9.17) is 0 Å². The zero-order chi connectivity index (χ0) is 20.1. The van der Waals surface area contributed by atoms with Crippen LogP contribution in [0.15, 0.2) is 34.0 Å². The number of hydrogen-bond acceptors (Lipinski definition) is 6. The molecule has 156 valence electrons. The Kier molecular flexibility index (Phi) is 7.11. The first kappa shape index (κ1) is 20.7. The first-order chi connectivity index (χ1) is 14.2. The molecule has 29 heavy (non-hydrogen) atoms. The quantitative estimate of drug-likeness (QED) is 0.677. The fourth-order valence-corrected chi connectivity index (χ4v) is 5.92. The molecule has 1 aliphatic heterocycles. The molecule has 2 aromatic rings. The molecular weight excluding hydrogens is 400 g/mol. The molecule has 0 unspecified atom stereocenters. The number of amides is 1. The van der Waals surface area contributed by atoms with Crippen LogP contribution in [0.5, 0.6) is 0 Å². The maximum Gasteiger partial charge on any atom is 0.234 e. The lowest BCUT2D eigenvalue weighted by molar-refractivity contribution is -0.113. The molecular formula is C22H30N4OS2. The lowest BCUT2D eigenvalue weighted by Gasteiger charge is -2.41. The summed E-state index contributed by atoms with van der Waals surface area (Å²) < 4.78 is 0.945. The molecule has 5 nitrogen and oxygen atoms in total. The van der Waals surface area contributed by atoms with Gasteiger partial charge in [0.15, 0.2) is 4.34 Å². The molecule has 1 N–H and O–H groups in total. The SMILES string of the molecule is Cc1csc(SCC(=O)Nc2ccc(N3CCN(C4CCCCC4)CC3)cc2)n1. The normalized spacial score (nSPS) is 18.7. The van der Waals surface area contributed by atoms with Crippen LogP contribution in [-0.4, -0.2) is 53.8 Å². The van der Waals surface area contributed by atoms with E-state index in [0.717, 1.165) is 47.9 Å². The van der Waals surface area contributed by atoms with Gasteiger partial charge in [0, 0.05) is 54.7 Å². The number of carbonyl (C=O) groups is 1. The summed E-state index contributed by atoms with van der Waals surface area (Å²) in [7, 11) is 0. The van der Waals surface area contributed by atoms with E-state index in [2.05, 4.69) is 32.2 Å². The zero-order valence-electron chi connectivity index (χ0n) is 17.1. The largest absolute Gasteiger partial charge is 0.369 e. The highest BCUT2D eigenvalue weighted by Gasteiger charge is 2.25. The van der Waals surface area contributed by atoms with E-state index in [9.17, 15) is 4.79 Å². The third-order valence-corrected chi connectivity index (χ3v) is 7.99. The van der Waals surface area contributed by atoms with Gasteiger partial charge in [-0.15, -0.1) is 11.3 Å². The van der Waals surface area contributed by atoms with Gasteiger partial charge in [0.05, 0.1) is 5.75 Å². The van der Waals surface area contributed by atoms with E-state index in [-0.39, 0.29) is 5.91 Å². The van der Waals surface area contributed by atoms with E-state index < -0.39 is 0 Å². The van der Waals surface area contributed by atoms with Crippen LogP contribution in [0, 0.1) is 6.92 Å². The summed E-state index contributed by atoms with van der Waals surface area (Å²) in [6.45, 7) is 6.48. The number of aryl methyl sites for hydroxylation is 1. The van der Waals surface area contributed by atoms with Gasteiger partial charge in [-0.25, -0.2) is 4.98 Å². The Morgan fingerprint density at radius 1 is 1.14 bits per heavy atom. The Morgan fingerprint density at radius 3 is 2.52 bits per heavy atom. The van der Waals surface area contributed by atoms with Gasteiger partial charge >= 0.3 is 0 Å². The molecule has 1 saturated heterocycles. The lowest BCUT2D eigenvalue weighted by Crippen LogP contribution is -2.50. The van der Waals surface area contributed by atoms with Crippen LogP contribution in [-0.2, 0) is 4.79 Å². The maximum atomic E-state index is 12.2. The van der Waals surface area contributed by atoms with Crippen molar-refractivity contribution in [2.75, 3.05) is 42.1 Å². The Hall–Kier alpha value is -1.57. The van der Waals surface area contributed by atoms with Gasteiger partial charge in [-0.2, -0.15) is 0 Å². The smallest absolute Gasteiger partial charge is 0.234 e. The van der Waals surface area contributed by atoms with Crippen LogP contribution in [0.3, 0.4) is 0 Å². The molecule has 0 bridgehead atoms. The van der Waals surface area contributed by atoms with Crippen LogP contribution in [0.25, 0.3) is 0 Å². The zero-order valence-corrected chi connectivity index (χ0v) is 18.7. The van der Waals surface area contributed by atoms with Crippen LogP contribution >= 0.6 is 23.1 Å². The fraction of sp³-hybridized carbons (Fsp3) is 0.545. The van der Waals surface area contributed by atoms with Gasteiger partial charge in [-0.1, -0.05) is 31.0 Å². The van der Waals surface area contributed by atoms with E-state index in [0.29, 0.717) is 5.75 Å². The number of thiazole rings is 1. The number of rotatable bonds is 6. The van der Waals surface area contributed by atoms with Crippen molar-refractivity contribution in [3.05, 3.63) is 35.3 Å². The third kappa shape index (κ3) is 5.74. The summed E-state index contributed by atoms with van der Waals surface area (Å²) in [4.78, 5) is 21.7. The Bertz CT molecular complexity index is 793. The molecule has 0 radical (unpaired) electrons. The van der Waals surface area contributed by atoms with Crippen LogP contribution in [0.1, 0.15) is 37.8 Å². The summed E-state index contributed by atoms with van der Waals surface area (Å²) in [5.41, 5.74) is 3.11. The molecule has 1 amide bonds. The van der Waals surface area contributed by atoms with Crippen molar-refractivity contribution < 1.29 is 4.79 Å². The van der Waals surface area contributed by atoms with Crippen molar-refractivity contribution in [1.29, 1.82) is 0 Å². The molecule has 0 spiro atoms. The highest BCUT2D eigenvalue weighted by Crippen LogP contribution is 2.26. The number of aromatic nitrogens is 1. The van der Waals surface area contributed by atoms with Gasteiger partial charge in [-0.3, -0.25) is 9.69 Å². The second-order valence-electron chi connectivity index (χ2n) is 7.95. The highest BCUT2D eigenvalue weighted by atomic mass is 32.2. The van der Waals surface area contributed by atoms with E-state index >= 15 is 0 Å². The van der Waals surface area contributed by atoms with E-state index in [1.165, 1.54) is 49.6 Å².